The molecule has 0 bridgehead atoms. The van der Waals surface area contributed by atoms with Crippen molar-refractivity contribution in [1.82, 2.24) is 20.2 Å². The van der Waals surface area contributed by atoms with E-state index in [0.717, 1.165) is 49.4 Å². The van der Waals surface area contributed by atoms with Gasteiger partial charge in [-0.3, -0.25) is 19.6 Å². The fourth-order valence-electron chi connectivity index (χ4n) is 3.79. The van der Waals surface area contributed by atoms with Crippen molar-refractivity contribution in [3.63, 3.8) is 0 Å². The summed E-state index contributed by atoms with van der Waals surface area (Å²) in [6.45, 7) is 2.04. The standard InChI is InChI=1S/C23H30N4O3/c1-30-21-6-2-4-19(14-21)15-26-22(28)9-7-18-5-3-13-27(17-18)23(29)10-8-20-16-24-11-12-25-20/h2,4,6,11-12,14,16,18H,3,5,7-10,13,15,17H2,1H3,(H,26,28)/t18-/m1/s1. The number of nitrogens with one attached hydrogen (secondary N) is 1. The molecule has 0 radical (unpaired) electrons. The topological polar surface area (TPSA) is 84.4 Å². The molecule has 0 saturated carbocycles. The maximum atomic E-state index is 12.6. The van der Waals surface area contributed by atoms with Crippen molar-refractivity contribution in [3.8, 4) is 5.75 Å². The summed E-state index contributed by atoms with van der Waals surface area (Å²) in [7, 11) is 1.63. The number of likely N-dealkylation sites (tertiary alicyclic amines) is 1. The van der Waals surface area contributed by atoms with Gasteiger partial charge in [-0.1, -0.05) is 12.1 Å². The van der Waals surface area contributed by atoms with Crippen LogP contribution in [0.5, 0.6) is 5.75 Å². The molecule has 160 valence electrons. The zero-order chi connectivity index (χ0) is 21.2. The second-order valence-corrected chi connectivity index (χ2v) is 7.71. The van der Waals surface area contributed by atoms with Crippen LogP contribution in [0.15, 0.2) is 42.9 Å². The van der Waals surface area contributed by atoms with Gasteiger partial charge in [0.15, 0.2) is 0 Å². The Balaban J connectivity index is 1.37. The average Bonchev–Trinajstić information content (AvgIpc) is 2.81. The van der Waals surface area contributed by atoms with Gasteiger partial charge in [0.05, 0.1) is 12.8 Å². The van der Waals surface area contributed by atoms with Crippen LogP contribution in [0.1, 0.15) is 43.4 Å². The molecule has 0 spiro atoms. The van der Waals surface area contributed by atoms with E-state index in [1.54, 1.807) is 25.7 Å². The van der Waals surface area contributed by atoms with Crippen molar-refractivity contribution >= 4 is 11.8 Å². The second-order valence-electron chi connectivity index (χ2n) is 7.71. The first kappa shape index (κ1) is 21.7. The predicted molar refractivity (Wildman–Crippen MR) is 114 cm³/mol. The maximum absolute atomic E-state index is 12.6. The first-order valence-electron chi connectivity index (χ1n) is 10.6. The molecule has 2 aromatic rings. The quantitative estimate of drug-likeness (QED) is 0.687. The van der Waals surface area contributed by atoms with Crippen molar-refractivity contribution in [2.24, 2.45) is 5.92 Å². The van der Waals surface area contributed by atoms with Gasteiger partial charge in [0.25, 0.3) is 0 Å². The molecule has 30 heavy (non-hydrogen) atoms. The number of carbonyl (C=O) groups is 2. The molecule has 1 fully saturated rings. The van der Waals surface area contributed by atoms with E-state index >= 15 is 0 Å². The molecule has 0 aliphatic carbocycles. The molecular formula is C23H30N4O3. The van der Waals surface area contributed by atoms with E-state index in [2.05, 4.69) is 15.3 Å². The van der Waals surface area contributed by atoms with Gasteiger partial charge < -0.3 is 15.0 Å². The Labute approximate surface area is 177 Å². The Bertz CT molecular complexity index is 828. The highest BCUT2D eigenvalue weighted by Gasteiger charge is 2.24. The number of aromatic nitrogens is 2. The third-order valence-corrected chi connectivity index (χ3v) is 5.49. The number of aryl methyl sites for hydroxylation is 1. The van der Waals surface area contributed by atoms with Crippen molar-refractivity contribution in [1.29, 1.82) is 0 Å². The molecule has 1 aromatic carbocycles. The number of benzene rings is 1. The second kappa shape index (κ2) is 11.3. The van der Waals surface area contributed by atoms with E-state index in [1.165, 1.54) is 0 Å². The molecule has 7 heteroatoms. The fourth-order valence-corrected chi connectivity index (χ4v) is 3.79. The minimum atomic E-state index is 0.0453. The Hall–Kier alpha value is -2.96. The van der Waals surface area contributed by atoms with Crippen LogP contribution in [0, 0.1) is 5.92 Å². The summed E-state index contributed by atoms with van der Waals surface area (Å²) in [6.07, 6.45) is 9.39. The third-order valence-electron chi connectivity index (χ3n) is 5.49. The Morgan fingerprint density at radius 3 is 2.97 bits per heavy atom. The summed E-state index contributed by atoms with van der Waals surface area (Å²) in [4.78, 5) is 35.0. The summed E-state index contributed by atoms with van der Waals surface area (Å²) >= 11 is 0. The van der Waals surface area contributed by atoms with E-state index in [1.807, 2.05) is 29.2 Å². The number of amides is 2. The number of hydrogen-bond donors (Lipinski definition) is 1. The number of nitrogens with zero attached hydrogens (tertiary/aromatic N) is 3. The van der Waals surface area contributed by atoms with Gasteiger partial charge in [0, 0.05) is 51.1 Å². The molecule has 1 saturated heterocycles. The molecule has 2 heterocycles. The fraction of sp³-hybridized carbons (Fsp3) is 0.478. The van der Waals surface area contributed by atoms with Crippen LogP contribution in [0.4, 0.5) is 0 Å². The maximum Gasteiger partial charge on any atom is 0.222 e. The lowest BCUT2D eigenvalue weighted by Crippen LogP contribution is -2.40. The van der Waals surface area contributed by atoms with Crippen molar-refractivity contribution in [2.75, 3.05) is 20.2 Å². The highest BCUT2D eigenvalue weighted by molar-refractivity contribution is 5.77. The molecule has 0 unspecified atom stereocenters. The van der Waals surface area contributed by atoms with E-state index in [9.17, 15) is 9.59 Å². The summed E-state index contributed by atoms with van der Waals surface area (Å²) in [5.74, 6) is 1.37. The van der Waals surface area contributed by atoms with Gasteiger partial charge in [-0.05, 0) is 49.3 Å². The Morgan fingerprint density at radius 2 is 2.17 bits per heavy atom. The van der Waals surface area contributed by atoms with Gasteiger partial charge in [-0.25, -0.2) is 0 Å². The summed E-state index contributed by atoms with van der Waals surface area (Å²) in [5.41, 5.74) is 1.85. The summed E-state index contributed by atoms with van der Waals surface area (Å²) < 4.78 is 5.21. The number of methoxy groups -OCH3 is 1. The lowest BCUT2D eigenvalue weighted by molar-refractivity contribution is -0.133. The third kappa shape index (κ3) is 6.83. The minimum Gasteiger partial charge on any atom is -0.497 e. The summed E-state index contributed by atoms with van der Waals surface area (Å²) in [5, 5.41) is 2.97. The Kier molecular flexibility index (Phi) is 8.18. The largest absolute Gasteiger partial charge is 0.497 e. The minimum absolute atomic E-state index is 0.0453. The van der Waals surface area contributed by atoms with Crippen LogP contribution >= 0.6 is 0 Å². The molecule has 1 aliphatic heterocycles. The number of piperidine rings is 1. The van der Waals surface area contributed by atoms with Crippen LogP contribution in [0.3, 0.4) is 0 Å². The highest BCUT2D eigenvalue weighted by atomic mass is 16.5. The SMILES string of the molecule is COc1cccc(CNC(=O)CC[C@H]2CCCN(C(=O)CCc3cnccn3)C2)c1. The van der Waals surface area contributed by atoms with Crippen LogP contribution in [-0.4, -0.2) is 46.9 Å². The normalized spacial score (nSPS) is 16.2. The molecule has 1 aliphatic rings. The molecule has 1 aromatic heterocycles. The van der Waals surface area contributed by atoms with Crippen molar-refractivity contribution in [3.05, 3.63) is 54.1 Å². The molecule has 3 rings (SSSR count). The first-order chi connectivity index (χ1) is 14.6. The first-order valence-corrected chi connectivity index (χ1v) is 10.6. The number of carbonyl (C=O) groups excluding carboxylic acids is 2. The molecule has 1 N–H and O–H groups in total. The highest BCUT2D eigenvalue weighted by Crippen LogP contribution is 2.22. The zero-order valence-electron chi connectivity index (χ0n) is 17.5. The summed E-state index contributed by atoms with van der Waals surface area (Å²) in [6, 6.07) is 7.69. The van der Waals surface area contributed by atoms with Gasteiger partial charge in [0.2, 0.25) is 11.8 Å². The number of ether oxygens (including phenoxy) is 1. The van der Waals surface area contributed by atoms with Crippen LogP contribution < -0.4 is 10.1 Å². The van der Waals surface area contributed by atoms with E-state index in [0.29, 0.717) is 31.7 Å². The lowest BCUT2D eigenvalue weighted by Gasteiger charge is -2.33. The average molecular weight is 411 g/mol. The van der Waals surface area contributed by atoms with Crippen LogP contribution in [-0.2, 0) is 22.6 Å². The van der Waals surface area contributed by atoms with Gasteiger partial charge in [0.1, 0.15) is 5.75 Å². The van der Waals surface area contributed by atoms with Crippen molar-refractivity contribution in [2.45, 2.75) is 45.1 Å². The smallest absolute Gasteiger partial charge is 0.222 e. The van der Waals surface area contributed by atoms with Crippen LogP contribution in [0.25, 0.3) is 0 Å². The molecule has 2 amide bonds. The van der Waals surface area contributed by atoms with Crippen LogP contribution in [0.2, 0.25) is 0 Å². The lowest BCUT2D eigenvalue weighted by atomic mass is 9.93. The number of hydrogen-bond acceptors (Lipinski definition) is 5. The monoisotopic (exact) mass is 410 g/mol. The van der Waals surface area contributed by atoms with Gasteiger partial charge in [-0.15, -0.1) is 0 Å². The van der Waals surface area contributed by atoms with Crippen molar-refractivity contribution < 1.29 is 14.3 Å². The van der Waals surface area contributed by atoms with Gasteiger partial charge >= 0.3 is 0 Å². The van der Waals surface area contributed by atoms with E-state index in [4.69, 9.17) is 4.74 Å². The van der Waals surface area contributed by atoms with E-state index in [-0.39, 0.29) is 11.8 Å². The number of rotatable bonds is 9. The zero-order valence-corrected chi connectivity index (χ0v) is 17.5. The van der Waals surface area contributed by atoms with Gasteiger partial charge in [-0.2, -0.15) is 0 Å². The Morgan fingerprint density at radius 1 is 1.27 bits per heavy atom. The predicted octanol–water partition coefficient (Wildman–Crippen LogP) is 2.75. The molecule has 7 nitrogen and oxygen atoms in total. The molecule has 1 atom stereocenters. The van der Waals surface area contributed by atoms with E-state index < -0.39 is 0 Å². The molecular weight excluding hydrogens is 380 g/mol.